The quantitative estimate of drug-likeness (QED) is 0.645. The molecular formula is C20H21NO4. The number of hydrogen-bond donors (Lipinski definition) is 4. The topological polar surface area (TPSA) is 89.8 Å². The zero-order valence-corrected chi connectivity index (χ0v) is 14.2. The van der Waals surface area contributed by atoms with Crippen LogP contribution in [0.4, 0.5) is 5.69 Å². The number of nitrogens with one attached hydrogen (secondary N) is 1. The lowest BCUT2D eigenvalue weighted by molar-refractivity contribution is -0.110. The third kappa shape index (κ3) is 3.04. The number of fused-ring (bicyclic) bond motifs is 1. The number of aliphatic hydroxyl groups excluding tert-OH is 2. The average Bonchev–Trinajstić information content (AvgIpc) is 2.90. The molecule has 0 atom stereocenters. The van der Waals surface area contributed by atoms with E-state index in [0.717, 1.165) is 22.3 Å². The molecule has 130 valence electrons. The maximum Gasteiger partial charge on any atom is 0.256 e. The third-order valence-electron chi connectivity index (χ3n) is 4.51. The number of hydrogen-bond acceptors (Lipinski definition) is 4. The summed E-state index contributed by atoms with van der Waals surface area (Å²) < 4.78 is 0. The molecule has 4 N–H and O–H groups in total. The molecule has 25 heavy (non-hydrogen) atoms. The molecule has 2 aromatic rings. The predicted octanol–water partition coefficient (Wildman–Crippen LogP) is 2.87. The van der Waals surface area contributed by atoms with Crippen LogP contribution < -0.4 is 5.32 Å². The normalized spacial score (nSPS) is 13.2. The number of rotatable bonds is 4. The van der Waals surface area contributed by atoms with Crippen LogP contribution in [0.5, 0.6) is 5.75 Å². The number of benzene rings is 2. The molecule has 2 aromatic carbocycles. The van der Waals surface area contributed by atoms with E-state index >= 15 is 0 Å². The van der Waals surface area contributed by atoms with E-state index in [1.807, 2.05) is 44.2 Å². The maximum absolute atomic E-state index is 12.1. The van der Waals surface area contributed by atoms with Crippen molar-refractivity contribution in [2.24, 2.45) is 0 Å². The first-order chi connectivity index (χ1) is 12.0. The van der Waals surface area contributed by atoms with Crippen LogP contribution in [0.2, 0.25) is 0 Å². The van der Waals surface area contributed by atoms with Crippen molar-refractivity contribution in [3.63, 3.8) is 0 Å². The van der Waals surface area contributed by atoms with Crippen LogP contribution in [0.1, 0.15) is 30.9 Å². The first kappa shape index (κ1) is 17.2. The Labute approximate surface area is 146 Å². The van der Waals surface area contributed by atoms with Crippen LogP contribution in [0.3, 0.4) is 0 Å². The highest BCUT2D eigenvalue weighted by Gasteiger charge is 2.27. The largest absolute Gasteiger partial charge is 0.507 e. The molecule has 0 saturated carbocycles. The minimum atomic E-state index is -0.318. The van der Waals surface area contributed by atoms with Gasteiger partial charge in [0.05, 0.1) is 18.9 Å². The average molecular weight is 339 g/mol. The summed E-state index contributed by atoms with van der Waals surface area (Å²) in [6.45, 7) is 3.51. The molecule has 0 spiro atoms. The molecule has 3 rings (SSSR count). The van der Waals surface area contributed by atoms with E-state index in [9.17, 15) is 20.1 Å². The molecule has 1 aliphatic heterocycles. The number of carbonyl (C=O) groups is 1. The van der Waals surface area contributed by atoms with Gasteiger partial charge in [0.2, 0.25) is 0 Å². The van der Waals surface area contributed by atoms with Crippen molar-refractivity contribution in [3.05, 3.63) is 53.1 Å². The zero-order valence-electron chi connectivity index (χ0n) is 14.2. The second-order valence-corrected chi connectivity index (χ2v) is 6.43. The van der Waals surface area contributed by atoms with Gasteiger partial charge in [-0.1, -0.05) is 29.8 Å². The summed E-state index contributed by atoms with van der Waals surface area (Å²) >= 11 is 0. The smallest absolute Gasteiger partial charge is 0.256 e. The fraction of sp³-hybridized carbons (Fsp3) is 0.250. The van der Waals surface area contributed by atoms with Crippen LogP contribution >= 0.6 is 0 Å². The summed E-state index contributed by atoms with van der Waals surface area (Å²) in [6.07, 6.45) is 0. The van der Waals surface area contributed by atoms with Crippen molar-refractivity contribution in [1.29, 1.82) is 0 Å². The Morgan fingerprint density at radius 2 is 1.68 bits per heavy atom. The summed E-state index contributed by atoms with van der Waals surface area (Å²) in [4.78, 5) is 12.1. The highest BCUT2D eigenvalue weighted by Crippen LogP contribution is 2.41. The molecule has 0 fully saturated rings. The van der Waals surface area contributed by atoms with E-state index in [1.165, 1.54) is 0 Å². The second-order valence-electron chi connectivity index (χ2n) is 6.43. The van der Waals surface area contributed by atoms with Gasteiger partial charge in [0.15, 0.2) is 0 Å². The molecule has 1 amide bonds. The molecule has 0 bridgehead atoms. The number of aromatic hydroxyl groups is 1. The molecule has 5 nitrogen and oxygen atoms in total. The molecule has 0 aliphatic carbocycles. The summed E-state index contributed by atoms with van der Waals surface area (Å²) in [7, 11) is 0. The molecule has 0 saturated heterocycles. The monoisotopic (exact) mass is 339 g/mol. The van der Waals surface area contributed by atoms with Crippen molar-refractivity contribution < 1.29 is 20.1 Å². The lowest BCUT2D eigenvalue weighted by Crippen LogP contribution is -2.08. The van der Waals surface area contributed by atoms with E-state index in [-0.39, 0.29) is 30.8 Å². The van der Waals surface area contributed by atoms with Gasteiger partial charge in [0.1, 0.15) is 5.75 Å². The summed E-state index contributed by atoms with van der Waals surface area (Å²) in [5.41, 5.74) is 5.20. The first-order valence-electron chi connectivity index (χ1n) is 8.14. The van der Waals surface area contributed by atoms with Crippen LogP contribution in [-0.2, 0) is 4.79 Å². The number of phenols is 1. The van der Waals surface area contributed by atoms with E-state index in [2.05, 4.69) is 5.32 Å². The van der Waals surface area contributed by atoms with E-state index in [1.54, 1.807) is 6.07 Å². The number of carbonyl (C=O) groups excluding carboxylic acids is 1. The summed E-state index contributed by atoms with van der Waals surface area (Å²) in [6, 6.07) is 10.7. The molecule has 0 radical (unpaired) electrons. The van der Waals surface area contributed by atoms with Gasteiger partial charge < -0.3 is 20.6 Å². The van der Waals surface area contributed by atoms with Crippen LogP contribution in [-0.4, -0.2) is 34.4 Å². The number of anilines is 1. The lowest BCUT2D eigenvalue weighted by atomic mass is 9.94. The predicted molar refractivity (Wildman–Crippen MR) is 97.4 cm³/mol. The highest BCUT2D eigenvalue weighted by atomic mass is 16.3. The van der Waals surface area contributed by atoms with E-state index < -0.39 is 0 Å². The molecule has 0 unspecified atom stereocenters. The van der Waals surface area contributed by atoms with Crippen molar-refractivity contribution in [2.75, 3.05) is 18.5 Å². The Balaban J connectivity index is 2.05. The van der Waals surface area contributed by atoms with Gasteiger partial charge in [-0.15, -0.1) is 0 Å². The van der Waals surface area contributed by atoms with E-state index in [4.69, 9.17) is 0 Å². The SMILES string of the molecule is CC(C)=C1C(=O)Nc2cc(O)c(-c3ccc(C(CO)CO)cc3)cc21. The molecule has 0 aromatic heterocycles. The van der Waals surface area contributed by atoms with Crippen molar-refractivity contribution in [1.82, 2.24) is 0 Å². The van der Waals surface area contributed by atoms with Crippen LogP contribution in [0.15, 0.2) is 42.0 Å². The standard InChI is InChI=1S/C20H21NO4/c1-11(2)19-16-7-15(18(24)8-17(16)21-20(19)25)13-5-3-12(4-6-13)14(9-22)10-23/h3-8,14,22-24H,9-10H2,1-2H3,(H,21,25). The number of allylic oxidation sites excluding steroid dienone is 1. The Hall–Kier alpha value is -2.63. The summed E-state index contributed by atoms with van der Waals surface area (Å²) in [5, 5.41) is 31.7. The molecule has 1 aliphatic rings. The minimum Gasteiger partial charge on any atom is -0.507 e. The van der Waals surface area contributed by atoms with Gasteiger partial charge in [0.25, 0.3) is 5.91 Å². The molecule has 1 heterocycles. The highest BCUT2D eigenvalue weighted by molar-refractivity contribution is 6.32. The van der Waals surface area contributed by atoms with Crippen LogP contribution in [0.25, 0.3) is 16.7 Å². The van der Waals surface area contributed by atoms with Crippen LogP contribution in [0, 0.1) is 0 Å². The van der Waals surface area contributed by atoms with Gasteiger partial charge in [-0.05, 0) is 31.0 Å². The lowest BCUT2D eigenvalue weighted by Gasteiger charge is -2.13. The Kier molecular flexibility index (Phi) is 4.61. The summed E-state index contributed by atoms with van der Waals surface area (Å²) in [5.74, 6) is -0.389. The van der Waals surface area contributed by atoms with Gasteiger partial charge in [-0.2, -0.15) is 0 Å². The maximum atomic E-state index is 12.1. The second kappa shape index (κ2) is 6.70. The molecular weight excluding hydrogens is 318 g/mol. The molecule has 5 heteroatoms. The van der Waals surface area contributed by atoms with Gasteiger partial charge >= 0.3 is 0 Å². The minimum absolute atomic E-state index is 0.0858. The van der Waals surface area contributed by atoms with Gasteiger partial charge in [-0.3, -0.25) is 4.79 Å². The van der Waals surface area contributed by atoms with E-state index in [0.29, 0.717) is 16.8 Å². The Bertz CT molecular complexity index is 845. The zero-order chi connectivity index (χ0) is 18.1. The Morgan fingerprint density at radius 1 is 1.04 bits per heavy atom. The Morgan fingerprint density at radius 3 is 2.24 bits per heavy atom. The van der Waals surface area contributed by atoms with Gasteiger partial charge in [0, 0.05) is 28.7 Å². The number of amides is 1. The third-order valence-corrected chi connectivity index (χ3v) is 4.51. The van der Waals surface area contributed by atoms with Crippen molar-refractivity contribution in [2.45, 2.75) is 19.8 Å². The van der Waals surface area contributed by atoms with Gasteiger partial charge in [-0.25, -0.2) is 0 Å². The number of aliphatic hydroxyl groups is 2. The fourth-order valence-corrected chi connectivity index (χ4v) is 3.14. The van der Waals surface area contributed by atoms with Crippen molar-refractivity contribution in [3.8, 4) is 16.9 Å². The fourth-order valence-electron chi connectivity index (χ4n) is 3.14. The van der Waals surface area contributed by atoms with Crippen molar-refractivity contribution >= 4 is 17.2 Å². The number of phenolic OH excluding ortho intramolecular Hbond substituents is 1. The first-order valence-corrected chi connectivity index (χ1v) is 8.14.